The molecular weight excluding hydrogens is 152 g/mol. The standard InChI is InChI=1S/C8H18N4/c1-6(2)12-5-7(11-10)3-8(12)4-9/h7-8,11H,1,3-5,9-10H2,2H3. The lowest BCUT2D eigenvalue weighted by molar-refractivity contribution is 0.325. The molecule has 2 unspecified atom stereocenters. The third-order valence-electron chi connectivity index (χ3n) is 2.41. The molecule has 1 rings (SSSR count). The first-order valence-corrected chi connectivity index (χ1v) is 4.27. The number of rotatable bonds is 3. The van der Waals surface area contributed by atoms with Gasteiger partial charge in [-0.1, -0.05) is 6.58 Å². The van der Waals surface area contributed by atoms with Crippen LogP contribution in [0.2, 0.25) is 0 Å². The minimum Gasteiger partial charge on any atom is -0.370 e. The van der Waals surface area contributed by atoms with Crippen LogP contribution in [-0.2, 0) is 0 Å². The summed E-state index contributed by atoms with van der Waals surface area (Å²) >= 11 is 0. The third kappa shape index (κ3) is 1.77. The summed E-state index contributed by atoms with van der Waals surface area (Å²) in [5.74, 6) is 5.37. The van der Waals surface area contributed by atoms with Crippen LogP contribution in [-0.4, -0.2) is 30.1 Å². The summed E-state index contributed by atoms with van der Waals surface area (Å²) in [4.78, 5) is 2.21. The molecule has 12 heavy (non-hydrogen) atoms. The first-order valence-electron chi connectivity index (χ1n) is 4.27. The average Bonchev–Trinajstić information content (AvgIpc) is 2.47. The maximum absolute atomic E-state index is 5.63. The highest BCUT2D eigenvalue weighted by atomic mass is 15.3. The van der Waals surface area contributed by atoms with Gasteiger partial charge in [-0.05, 0) is 13.3 Å². The van der Waals surface area contributed by atoms with Gasteiger partial charge in [-0.2, -0.15) is 0 Å². The maximum Gasteiger partial charge on any atom is 0.0425 e. The largest absolute Gasteiger partial charge is 0.370 e. The van der Waals surface area contributed by atoms with Gasteiger partial charge >= 0.3 is 0 Å². The van der Waals surface area contributed by atoms with Gasteiger partial charge in [-0.15, -0.1) is 0 Å². The zero-order valence-corrected chi connectivity index (χ0v) is 7.59. The smallest absolute Gasteiger partial charge is 0.0425 e. The van der Waals surface area contributed by atoms with Crippen molar-refractivity contribution in [3.05, 3.63) is 12.3 Å². The van der Waals surface area contributed by atoms with Crippen LogP contribution in [0.25, 0.3) is 0 Å². The predicted octanol–water partition coefficient (Wildman–Crippen LogP) is -0.615. The van der Waals surface area contributed by atoms with Gasteiger partial charge in [0.2, 0.25) is 0 Å². The van der Waals surface area contributed by atoms with Gasteiger partial charge in [-0.25, -0.2) is 0 Å². The van der Waals surface area contributed by atoms with Crippen molar-refractivity contribution in [2.75, 3.05) is 13.1 Å². The summed E-state index contributed by atoms with van der Waals surface area (Å²) < 4.78 is 0. The summed E-state index contributed by atoms with van der Waals surface area (Å²) in [6.07, 6.45) is 1.01. The lowest BCUT2D eigenvalue weighted by atomic mass is 10.2. The fraction of sp³-hybridized carbons (Fsp3) is 0.750. The minimum absolute atomic E-state index is 0.357. The zero-order chi connectivity index (χ0) is 9.14. The van der Waals surface area contributed by atoms with E-state index in [4.69, 9.17) is 11.6 Å². The molecule has 4 nitrogen and oxygen atoms in total. The van der Waals surface area contributed by atoms with E-state index >= 15 is 0 Å². The van der Waals surface area contributed by atoms with Gasteiger partial charge in [-0.3, -0.25) is 11.3 Å². The molecule has 0 bridgehead atoms. The van der Waals surface area contributed by atoms with Crippen molar-refractivity contribution in [1.82, 2.24) is 10.3 Å². The minimum atomic E-state index is 0.357. The van der Waals surface area contributed by atoms with Crippen molar-refractivity contribution < 1.29 is 0 Å². The second-order valence-electron chi connectivity index (χ2n) is 3.38. The van der Waals surface area contributed by atoms with Gasteiger partial charge < -0.3 is 10.6 Å². The molecule has 1 heterocycles. The Labute approximate surface area is 73.6 Å². The Hall–Kier alpha value is -0.580. The third-order valence-corrected chi connectivity index (χ3v) is 2.41. The Bertz CT molecular complexity index is 168. The van der Waals surface area contributed by atoms with Crippen molar-refractivity contribution in [1.29, 1.82) is 0 Å². The van der Waals surface area contributed by atoms with Crippen molar-refractivity contribution in [3.8, 4) is 0 Å². The summed E-state index contributed by atoms with van der Waals surface area (Å²) in [5, 5.41) is 0. The van der Waals surface area contributed by atoms with Crippen LogP contribution < -0.4 is 17.0 Å². The average molecular weight is 170 g/mol. The highest BCUT2D eigenvalue weighted by molar-refractivity contribution is 5.00. The van der Waals surface area contributed by atoms with Crippen LogP contribution in [0.15, 0.2) is 12.3 Å². The molecule has 0 spiro atoms. The Balaban J connectivity index is 2.56. The van der Waals surface area contributed by atoms with E-state index in [2.05, 4.69) is 16.9 Å². The number of likely N-dealkylation sites (tertiary alicyclic amines) is 1. The molecule has 0 aromatic rings. The fourth-order valence-corrected chi connectivity index (χ4v) is 1.73. The molecule has 1 aliphatic rings. The number of nitrogens with two attached hydrogens (primary N) is 2. The number of hydrazine groups is 1. The van der Waals surface area contributed by atoms with E-state index in [-0.39, 0.29) is 0 Å². The van der Waals surface area contributed by atoms with Gasteiger partial charge in [0.15, 0.2) is 0 Å². The molecule has 1 fully saturated rings. The van der Waals surface area contributed by atoms with E-state index in [1.54, 1.807) is 0 Å². The molecule has 1 saturated heterocycles. The van der Waals surface area contributed by atoms with Crippen LogP contribution in [0.5, 0.6) is 0 Å². The Morgan fingerprint density at radius 1 is 1.75 bits per heavy atom. The van der Waals surface area contributed by atoms with Gasteiger partial charge in [0.25, 0.3) is 0 Å². The summed E-state index contributed by atoms with van der Waals surface area (Å²) in [6, 6.07) is 0.763. The second-order valence-corrected chi connectivity index (χ2v) is 3.38. The van der Waals surface area contributed by atoms with E-state index in [1.807, 2.05) is 6.92 Å². The van der Waals surface area contributed by atoms with Crippen LogP contribution in [0.4, 0.5) is 0 Å². The molecule has 70 valence electrons. The quantitative estimate of drug-likeness (QED) is 0.390. The molecule has 1 aliphatic heterocycles. The highest BCUT2D eigenvalue weighted by Crippen LogP contribution is 2.20. The van der Waals surface area contributed by atoms with Crippen LogP contribution >= 0.6 is 0 Å². The number of hydrogen-bond donors (Lipinski definition) is 3. The van der Waals surface area contributed by atoms with Gasteiger partial charge in [0, 0.05) is 30.9 Å². The molecule has 0 aromatic carbocycles. The predicted molar refractivity (Wildman–Crippen MR) is 50.1 cm³/mol. The fourth-order valence-electron chi connectivity index (χ4n) is 1.73. The number of hydrogen-bond acceptors (Lipinski definition) is 4. The number of nitrogens with zero attached hydrogens (tertiary/aromatic N) is 1. The van der Waals surface area contributed by atoms with Crippen molar-refractivity contribution in [2.45, 2.75) is 25.4 Å². The molecule has 4 heteroatoms. The lowest BCUT2D eigenvalue weighted by Crippen LogP contribution is -2.37. The molecule has 5 N–H and O–H groups in total. The maximum atomic E-state index is 5.63. The zero-order valence-electron chi connectivity index (χ0n) is 7.59. The topological polar surface area (TPSA) is 67.3 Å². The number of nitrogens with one attached hydrogen (secondary N) is 1. The molecule has 0 radical (unpaired) electrons. The molecule has 2 atom stereocenters. The monoisotopic (exact) mass is 170 g/mol. The lowest BCUT2D eigenvalue weighted by Gasteiger charge is -2.25. The Kier molecular flexibility index (Phi) is 3.08. The van der Waals surface area contributed by atoms with Crippen molar-refractivity contribution >= 4 is 0 Å². The van der Waals surface area contributed by atoms with E-state index in [0.29, 0.717) is 18.6 Å². The van der Waals surface area contributed by atoms with Crippen molar-refractivity contribution in [3.63, 3.8) is 0 Å². The molecule has 0 aliphatic carbocycles. The Morgan fingerprint density at radius 3 is 2.75 bits per heavy atom. The SMILES string of the molecule is C=C(C)N1CC(NN)CC1CN. The molecule has 0 aromatic heterocycles. The van der Waals surface area contributed by atoms with Crippen LogP contribution in [0.1, 0.15) is 13.3 Å². The van der Waals surface area contributed by atoms with E-state index < -0.39 is 0 Å². The van der Waals surface area contributed by atoms with Crippen molar-refractivity contribution in [2.24, 2.45) is 11.6 Å². The highest BCUT2D eigenvalue weighted by Gasteiger charge is 2.29. The van der Waals surface area contributed by atoms with E-state index in [9.17, 15) is 0 Å². The molecule has 0 amide bonds. The van der Waals surface area contributed by atoms with E-state index in [1.165, 1.54) is 0 Å². The normalized spacial score (nSPS) is 29.4. The van der Waals surface area contributed by atoms with E-state index in [0.717, 1.165) is 18.7 Å². The summed E-state index contributed by atoms with van der Waals surface area (Å²) in [7, 11) is 0. The first kappa shape index (κ1) is 9.51. The molecule has 0 saturated carbocycles. The Morgan fingerprint density at radius 2 is 2.42 bits per heavy atom. The summed E-state index contributed by atoms with van der Waals surface area (Å²) in [6.45, 7) is 7.50. The molecular formula is C8H18N4. The van der Waals surface area contributed by atoms with Crippen LogP contribution in [0.3, 0.4) is 0 Å². The van der Waals surface area contributed by atoms with Crippen LogP contribution in [0, 0.1) is 0 Å². The van der Waals surface area contributed by atoms with Gasteiger partial charge in [0.05, 0.1) is 0 Å². The first-order chi connectivity index (χ1) is 5.69. The summed E-state index contributed by atoms with van der Waals surface area (Å²) in [5.41, 5.74) is 9.47. The van der Waals surface area contributed by atoms with Gasteiger partial charge in [0.1, 0.15) is 0 Å². The number of allylic oxidation sites excluding steroid dienone is 1. The second kappa shape index (κ2) is 3.89.